The van der Waals surface area contributed by atoms with Crippen molar-refractivity contribution in [3.8, 4) is 5.75 Å². The van der Waals surface area contributed by atoms with Crippen molar-refractivity contribution in [2.24, 2.45) is 0 Å². The third kappa shape index (κ3) is 7.76. The number of halogens is 4. The van der Waals surface area contributed by atoms with Gasteiger partial charge in [-0.25, -0.2) is 4.79 Å². The number of benzene rings is 1. The molecule has 1 rings (SSSR count). The monoisotopic (exact) mass is 445 g/mol. The van der Waals surface area contributed by atoms with E-state index in [2.05, 4.69) is 0 Å². The molecule has 0 N–H and O–H groups in total. The molecule has 8 heteroatoms. The molecule has 0 saturated carbocycles. The summed E-state index contributed by atoms with van der Waals surface area (Å²) in [5.74, 6) is 0.159. The Morgan fingerprint density at radius 2 is 1.87 bits per heavy atom. The second-order valence-corrected chi connectivity index (χ2v) is 7.17. The van der Waals surface area contributed by atoms with Crippen LogP contribution >= 0.6 is 22.6 Å². The highest BCUT2D eigenvalue weighted by molar-refractivity contribution is 14.1. The molecule has 1 aromatic carbocycles. The molecule has 0 aliphatic rings. The van der Waals surface area contributed by atoms with Crippen LogP contribution < -0.4 is 4.74 Å². The van der Waals surface area contributed by atoms with Gasteiger partial charge in [0, 0.05) is 13.6 Å². The van der Waals surface area contributed by atoms with E-state index in [1.54, 1.807) is 40.0 Å². The molecule has 0 spiro atoms. The van der Waals surface area contributed by atoms with Gasteiger partial charge in [0.25, 0.3) is 0 Å². The third-order valence-electron chi connectivity index (χ3n) is 2.51. The zero-order valence-electron chi connectivity index (χ0n) is 13.3. The SMILES string of the molecule is CN(Cc1ccc(OCC(F)(F)F)c(I)c1)C(=O)OC(C)(C)C. The second-order valence-electron chi connectivity index (χ2n) is 6.01. The van der Waals surface area contributed by atoms with Gasteiger partial charge in [-0.2, -0.15) is 13.2 Å². The Morgan fingerprint density at radius 1 is 1.26 bits per heavy atom. The maximum absolute atomic E-state index is 12.2. The quantitative estimate of drug-likeness (QED) is 0.637. The van der Waals surface area contributed by atoms with Crippen LogP contribution in [0.4, 0.5) is 18.0 Å². The number of carbonyl (C=O) groups is 1. The fourth-order valence-electron chi connectivity index (χ4n) is 1.60. The van der Waals surface area contributed by atoms with Crippen LogP contribution in [0.1, 0.15) is 26.3 Å². The van der Waals surface area contributed by atoms with Crippen molar-refractivity contribution in [2.75, 3.05) is 13.7 Å². The standard InChI is InChI=1S/C15H19F3INO3/c1-14(2,3)23-13(21)20(4)8-10-5-6-12(11(19)7-10)22-9-15(16,17)18/h5-7H,8-9H2,1-4H3. The highest BCUT2D eigenvalue weighted by Crippen LogP contribution is 2.25. The molecule has 1 aromatic rings. The number of alkyl halides is 3. The first-order valence-corrected chi connectivity index (χ1v) is 7.87. The van der Waals surface area contributed by atoms with Crippen molar-refractivity contribution < 1.29 is 27.4 Å². The van der Waals surface area contributed by atoms with Crippen molar-refractivity contribution in [1.29, 1.82) is 0 Å². The molecule has 0 heterocycles. The molecule has 1 amide bonds. The highest BCUT2D eigenvalue weighted by atomic mass is 127. The van der Waals surface area contributed by atoms with E-state index in [0.717, 1.165) is 5.56 Å². The van der Waals surface area contributed by atoms with Crippen molar-refractivity contribution in [1.82, 2.24) is 4.90 Å². The van der Waals surface area contributed by atoms with E-state index in [0.29, 0.717) is 3.57 Å². The van der Waals surface area contributed by atoms with Crippen LogP contribution in [0.5, 0.6) is 5.75 Å². The Balaban J connectivity index is 2.69. The lowest BCUT2D eigenvalue weighted by atomic mass is 10.2. The van der Waals surface area contributed by atoms with E-state index in [4.69, 9.17) is 9.47 Å². The lowest BCUT2D eigenvalue weighted by Gasteiger charge is -2.24. The van der Waals surface area contributed by atoms with E-state index in [9.17, 15) is 18.0 Å². The predicted molar refractivity (Wildman–Crippen MR) is 88.4 cm³/mol. The molecule has 0 radical (unpaired) electrons. The lowest BCUT2D eigenvalue weighted by Crippen LogP contribution is -2.33. The molecule has 0 aromatic heterocycles. The minimum absolute atomic E-state index is 0.159. The van der Waals surface area contributed by atoms with Gasteiger partial charge in [-0.05, 0) is 61.1 Å². The van der Waals surface area contributed by atoms with Gasteiger partial charge < -0.3 is 14.4 Å². The summed E-state index contributed by atoms with van der Waals surface area (Å²) in [5.41, 5.74) is 0.178. The summed E-state index contributed by atoms with van der Waals surface area (Å²) in [5, 5.41) is 0. The molecule has 4 nitrogen and oxygen atoms in total. The number of hydrogen-bond donors (Lipinski definition) is 0. The maximum atomic E-state index is 12.2. The third-order valence-corrected chi connectivity index (χ3v) is 3.36. The summed E-state index contributed by atoms with van der Waals surface area (Å²) in [6.07, 6.45) is -4.84. The average Bonchev–Trinajstić information content (AvgIpc) is 2.34. The van der Waals surface area contributed by atoms with Crippen LogP contribution in [0.25, 0.3) is 0 Å². The normalized spacial score (nSPS) is 12.0. The van der Waals surface area contributed by atoms with Gasteiger partial charge in [0.2, 0.25) is 0 Å². The van der Waals surface area contributed by atoms with Gasteiger partial charge in [-0.3, -0.25) is 0 Å². The molecule has 0 unspecified atom stereocenters. The number of amides is 1. The van der Waals surface area contributed by atoms with Gasteiger partial charge >= 0.3 is 12.3 Å². The second kappa shape index (κ2) is 7.59. The van der Waals surface area contributed by atoms with E-state index in [1.807, 2.05) is 22.6 Å². The van der Waals surface area contributed by atoms with E-state index in [-0.39, 0.29) is 12.3 Å². The van der Waals surface area contributed by atoms with E-state index in [1.165, 1.54) is 11.0 Å². The smallest absolute Gasteiger partial charge is 0.422 e. The number of carbonyl (C=O) groups excluding carboxylic acids is 1. The van der Waals surface area contributed by atoms with E-state index >= 15 is 0 Å². The van der Waals surface area contributed by atoms with Crippen molar-refractivity contribution in [2.45, 2.75) is 39.1 Å². The zero-order chi connectivity index (χ0) is 17.8. The average molecular weight is 445 g/mol. The predicted octanol–water partition coefficient (Wildman–Crippen LogP) is 4.60. The van der Waals surface area contributed by atoms with Crippen LogP contribution in [0.15, 0.2) is 18.2 Å². The molecule has 0 atom stereocenters. The summed E-state index contributed by atoms with van der Waals surface area (Å²) in [6, 6.07) is 4.76. The number of ether oxygens (including phenoxy) is 2. The summed E-state index contributed by atoms with van der Waals surface area (Å²) in [7, 11) is 1.59. The molecule has 0 bridgehead atoms. The van der Waals surface area contributed by atoms with Gasteiger partial charge in [0.15, 0.2) is 6.61 Å². The molecule has 0 fully saturated rings. The Bertz CT molecular complexity index is 556. The molecule has 23 heavy (non-hydrogen) atoms. The Kier molecular flexibility index (Phi) is 6.55. The van der Waals surface area contributed by atoms with E-state index < -0.39 is 24.5 Å². The van der Waals surface area contributed by atoms with Gasteiger partial charge in [0.1, 0.15) is 11.4 Å². The molecule has 130 valence electrons. The number of hydrogen-bond acceptors (Lipinski definition) is 3. The Morgan fingerprint density at radius 3 is 2.35 bits per heavy atom. The van der Waals surface area contributed by atoms with Gasteiger partial charge in [0.05, 0.1) is 3.57 Å². The van der Waals surface area contributed by atoms with Crippen molar-refractivity contribution in [3.63, 3.8) is 0 Å². The van der Waals surface area contributed by atoms with Crippen molar-refractivity contribution in [3.05, 3.63) is 27.3 Å². The lowest BCUT2D eigenvalue weighted by molar-refractivity contribution is -0.153. The molecular formula is C15H19F3INO3. The fraction of sp³-hybridized carbons (Fsp3) is 0.533. The molecule has 0 aliphatic heterocycles. The number of rotatable bonds is 4. The minimum atomic E-state index is -4.38. The summed E-state index contributed by atoms with van der Waals surface area (Å²) in [6.45, 7) is 4.27. The minimum Gasteiger partial charge on any atom is -0.483 e. The Hall–Kier alpha value is -1.19. The largest absolute Gasteiger partial charge is 0.483 e. The van der Waals surface area contributed by atoms with Gasteiger partial charge in [-0.15, -0.1) is 0 Å². The topological polar surface area (TPSA) is 38.8 Å². The summed E-state index contributed by atoms with van der Waals surface area (Å²) in [4.78, 5) is 13.3. The highest BCUT2D eigenvalue weighted by Gasteiger charge is 2.28. The number of nitrogens with zero attached hydrogens (tertiary/aromatic N) is 1. The van der Waals surface area contributed by atoms with Crippen LogP contribution in [-0.4, -0.2) is 36.4 Å². The van der Waals surface area contributed by atoms with Crippen LogP contribution in [0.2, 0.25) is 0 Å². The fourth-order valence-corrected chi connectivity index (χ4v) is 2.33. The summed E-state index contributed by atoms with van der Waals surface area (Å²) < 4.78 is 47.0. The first-order chi connectivity index (χ1) is 10.4. The molecule has 0 aliphatic carbocycles. The Labute approximate surface area is 147 Å². The molecular weight excluding hydrogens is 426 g/mol. The zero-order valence-corrected chi connectivity index (χ0v) is 15.5. The first-order valence-electron chi connectivity index (χ1n) is 6.79. The van der Waals surface area contributed by atoms with Crippen LogP contribution in [0, 0.1) is 3.57 Å². The van der Waals surface area contributed by atoms with Crippen LogP contribution in [0.3, 0.4) is 0 Å². The van der Waals surface area contributed by atoms with Crippen LogP contribution in [-0.2, 0) is 11.3 Å². The first kappa shape index (κ1) is 19.9. The maximum Gasteiger partial charge on any atom is 0.422 e. The van der Waals surface area contributed by atoms with Gasteiger partial charge in [-0.1, -0.05) is 6.07 Å². The molecule has 0 saturated heterocycles. The van der Waals surface area contributed by atoms with Crippen molar-refractivity contribution >= 4 is 28.7 Å². The summed E-state index contributed by atoms with van der Waals surface area (Å²) >= 11 is 1.90.